The van der Waals surface area contributed by atoms with Gasteiger partial charge in [-0.15, -0.1) is 5.10 Å². The van der Waals surface area contributed by atoms with Crippen LogP contribution < -0.4 is 0 Å². The molecular weight excluding hydrogens is 266 g/mol. The Hall–Kier alpha value is -1.69. The van der Waals surface area contributed by atoms with E-state index in [2.05, 4.69) is 15.2 Å². The number of carbonyl (C=O) groups is 1. The third-order valence-corrected chi connectivity index (χ3v) is 3.42. The molecule has 0 aliphatic carbocycles. The van der Waals surface area contributed by atoms with Crippen LogP contribution in [0.4, 0.5) is 0 Å². The van der Waals surface area contributed by atoms with Crippen molar-refractivity contribution in [1.82, 2.24) is 24.5 Å². The lowest BCUT2D eigenvalue weighted by molar-refractivity contribution is 0.0946. The topological polar surface area (TPSA) is 65.6 Å². The van der Waals surface area contributed by atoms with E-state index in [1.54, 1.807) is 15.6 Å². The van der Waals surface area contributed by atoms with Gasteiger partial charge in [0.25, 0.3) is 0 Å². The average molecular weight is 280 g/mol. The molecule has 6 nitrogen and oxygen atoms in total. The molecule has 0 saturated carbocycles. The predicted octanol–water partition coefficient (Wildman–Crippen LogP) is 2.35. The van der Waals surface area contributed by atoms with Gasteiger partial charge >= 0.3 is 0 Å². The highest BCUT2D eigenvalue weighted by Gasteiger charge is 2.25. The molecule has 0 bridgehead atoms. The molecule has 2 aromatic rings. The van der Waals surface area contributed by atoms with Crippen LogP contribution in [0.2, 0.25) is 5.02 Å². The molecule has 0 unspecified atom stereocenters. The summed E-state index contributed by atoms with van der Waals surface area (Å²) >= 11 is 6.17. The summed E-state index contributed by atoms with van der Waals surface area (Å²) in [5.74, 6) is 0.937. The first-order chi connectivity index (χ1) is 9.08. The second-order valence-corrected chi connectivity index (χ2v) is 5.30. The van der Waals surface area contributed by atoms with Crippen LogP contribution in [0, 0.1) is 0 Å². The molecule has 0 radical (unpaired) electrons. The van der Waals surface area contributed by atoms with E-state index in [1.807, 2.05) is 13.8 Å². The molecule has 1 aliphatic rings. The summed E-state index contributed by atoms with van der Waals surface area (Å²) in [5.41, 5.74) is 0.673. The zero-order valence-corrected chi connectivity index (χ0v) is 11.6. The summed E-state index contributed by atoms with van der Waals surface area (Å²) in [6.07, 6.45) is 2.93. The average Bonchev–Trinajstić information content (AvgIpc) is 2.92. The molecule has 0 spiro atoms. The van der Waals surface area contributed by atoms with E-state index in [9.17, 15) is 4.79 Å². The molecule has 0 saturated heterocycles. The summed E-state index contributed by atoms with van der Waals surface area (Å²) in [6, 6.07) is 0.152. The standard InChI is InChI=1S/C12H14ClN5O/c1-7(2)18-10(8(13)6-14-18)11-15-12-9(19)4-3-5-17(12)16-11/h6-7H,3-5H2,1-2H3. The predicted molar refractivity (Wildman–Crippen MR) is 70.2 cm³/mol. The zero-order valence-electron chi connectivity index (χ0n) is 10.8. The Balaban J connectivity index is 2.13. The summed E-state index contributed by atoms with van der Waals surface area (Å²) < 4.78 is 3.43. The fourth-order valence-electron chi connectivity index (χ4n) is 2.25. The van der Waals surface area contributed by atoms with Crippen molar-refractivity contribution in [3.63, 3.8) is 0 Å². The molecule has 0 atom stereocenters. The van der Waals surface area contributed by atoms with Crippen LogP contribution in [-0.4, -0.2) is 30.3 Å². The number of hydrogen-bond donors (Lipinski definition) is 0. The van der Waals surface area contributed by atoms with Crippen molar-refractivity contribution < 1.29 is 4.79 Å². The highest BCUT2D eigenvalue weighted by molar-refractivity contribution is 6.32. The van der Waals surface area contributed by atoms with Crippen molar-refractivity contribution in [2.24, 2.45) is 0 Å². The number of aromatic nitrogens is 5. The van der Waals surface area contributed by atoms with Crippen molar-refractivity contribution >= 4 is 17.4 Å². The van der Waals surface area contributed by atoms with Crippen LogP contribution in [-0.2, 0) is 6.54 Å². The first-order valence-corrected chi connectivity index (χ1v) is 6.67. The Kier molecular flexibility index (Phi) is 2.89. The monoisotopic (exact) mass is 279 g/mol. The highest BCUT2D eigenvalue weighted by atomic mass is 35.5. The number of carbonyl (C=O) groups excluding carboxylic acids is 1. The molecule has 3 rings (SSSR count). The number of ketones is 1. The van der Waals surface area contributed by atoms with E-state index in [4.69, 9.17) is 11.6 Å². The third kappa shape index (κ3) is 1.96. The second-order valence-electron chi connectivity index (χ2n) is 4.89. The number of Topliss-reactive ketones (excluding diaryl/α,β-unsaturated/α-hetero) is 1. The largest absolute Gasteiger partial charge is 0.291 e. The maximum absolute atomic E-state index is 11.8. The molecule has 7 heteroatoms. The summed E-state index contributed by atoms with van der Waals surface area (Å²) in [6.45, 7) is 4.74. The van der Waals surface area contributed by atoms with Crippen LogP contribution in [0.15, 0.2) is 6.20 Å². The Morgan fingerprint density at radius 2 is 2.21 bits per heavy atom. The lowest BCUT2D eigenvalue weighted by Crippen LogP contribution is -2.17. The smallest absolute Gasteiger partial charge is 0.201 e. The molecular formula is C12H14ClN5O. The van der Waals surface area contributed by atoms with E-state index in [1.165, 1.54) is 0 Å². The van der Waals surface area contributed by atoms with Gasteiger partial charge in [0.2, 0.25) is 5.82 Å². The van der Waals surface area contributed by atoms with Crippen molar-refractivity contribution in [3.8, 4) is 11.5 Å². The maximum atomic E-state index is 11.8. The quantitative estimate of drug-likeness (QED) is 0.846. The summed E-state index contributed by atoms with van der Waals surface area (Å²) in [7, 11) is 0. The summed E-state index contributed by atoms with van der Waals surface area (Å²) in [4.78, 5) is 16.1. The highest BCUT2D eigenvalue weighted by Crippen LogP contribution is 2.28. The SMILES string of the molecule is CC(C)n1ncc(Cl)c1-c1nc2n(n1)CCCC2=O. The zero-order chi connectivity index (χ0) is 13.6. The third-order valence-electron chi connectivity index (χ3n) is 3.15. The molecule has 0 amide bonds. The lowest BCUT2D eigenvalue weighted by atomic mass is 10.1. The molecule has 100 valence electrons. The van der Waals surface area contributed by atoms with Gasteiger partial charge in [-0.3, -0.25) is 9.48 Å². The molecule has 3 heterocycles. The van der Waals surface area contributed by atoms with Gasteiger partial charge in [0.05, 0.1) is 11.2 Å². The van der Waals surface area contributed by atoms with Crippen molar-refractivity contribution in [3.05, 3.63) is 17.0 Å². The minimum absolute atomic E-state index is 0.0386. The molecule has 0 N–H and O–H groups in total. The molecule has 1 aliphatic heterocycles. The molecule has 19 heavy (non-hydrogen) atoms. The van der Waals surface area contributed by atoms with E-state index in [0.29, 0.717) is 28.8 Å². The normalized spacial score (nSPS) is 15.1. The van der Waals surface area contributed by atoms with Crippen molar-refractivity contribution in [1.29, 1.82) is 0 Å². The number of halogens is 1. The van der Waals surface area contributed by atoms with Gasteiger partial charge in [0, 0.05) is 19.0 Å². The Morgan fingerprint density at radius 1 is 1.42 bits per heavy atom. The second kappa shape index (κ2) is 4.45. The minimum atomic E-state index is 0.0386. The van der Waals surface area contributed by atoms with Gasteiger partial charge in [0.15, 0.2) is 11.6 Å². The van der Waals surface area contributed by atoms with Crippen molar-refractivity contribution in [2.45, 2.75) is 39.3 Å². The fourth-order valence-corrected chi connectivity index (χ4v) is 2.46. The van der Waals surface area contributed by atoms with E-state index in [-0.39, 0.29) is 11.8 Å². The van der Waals surface area contributed by atoms with Gasteiger partial charge in [0.1, 0.15) is 5.69 Å². The van der Waals surface area contributed by atoms with Crippen LogP contribution in [0.1, 0.15) is 43.3 Å². The van der Waals surface area contributed by atoms with Gasteiger partial charge in [-0.1, -0.05) is 11.6 Å². The molecule has 0 fully saturated rings. The molecule has 0 aromatic carbocycles. The number of fused-ring (bicyclic) bond motifs is 1. The van der Waals surface area contributed by atoms with Crippen LogP contribution >= 0.6 is 11.6 Å². The Bertz CT molecular complexity index is 643. The first kappa shape index (κ1) is 12.3. The first-order valence-electron chi connectivity index (χ1n) is 6.29. The number of nitrogens with zero attached hydrogens (tertiary/aromatic N) is 5. The van der Waals surface area contributed by atoms with Crippen LogP contribution in [0.3, 0.4) is 0 Å². The number of aryl methyl sites for hydroxylation is 1. The van der Waals surface area contributed by atoms with Gasteiger partial charge < -0.3 is 0 Å². The van der Waals surface area contributed by atoms with E-state index < -0.39 is 0 Å². The molecule has 2 aromatic heterocycles. The lowest BCUT2D eigenvalue weighted by Gasteiger charge is -2.09. The van der Waals surface area contributed by atoms with Gasteiger partial charge in [-0.2, -0.15) is 5.10 Å². The van der Waals surface area contributed by atoms with Crippen LogP contribution in [0.25, 0.3) is 11.5 Å². The van der Waals surface area contributed by atoms with E-state index in [0.717, 1.165) is 13.0 Å². The number of rotatable bonds is 2. The van der Waals surface area contributed by atoms with E-state index >= 15 is 0 Å². The summed E-state index contributed by atoms with van der Waals surface area (Å²) in [5, 5.41) is 9.12. The number of hydrogen-bond acceptors (Lipinski definition) is 4. The Morgan fingerprint density at radius 3 is 2.89 bits per heavy atom. The maximum Gasteiger partial charge on any atom is 0.201 e. The fraction of sp³-hybridized carbons (Fsp3) is 0.500. The van der Waals surface area contributed by atoms with Crippen molar-refractivity contribution in [2.75, 3.05) is 0 Å². The van der Waals surface area contributed by atoms with Crippen LogP contribution in [0.5, 0.6) is 0 Å². The van der Waals surface area contributed by atoms with Gasteiger partial charge in [-0.05, 0) is 20.3 Å². The van der Waals surface area contributed by atoms with Gasteiger partial charge in [-0.25, -0.2) is 9.67 Å². The minimum Gasteiger partial charge on any atom is -0.291 e. The Labute approximate surface area is 115 Å².